The van der Waals surface area contributed by atoms with E-state index in [1.807, 2.05) is 13.0 Å². The third-order valence-electron chi connectivity index (χ3n) is 3.19. The summed E-state index contributed by atoms with van der Waals surface area (Å²) in [7, 11) is -1.03. The van der Waals surface area contributed by atoms with Gasteiger partial charge < -0.3 is 5.32 Å². The first-order chi connectivity index (χ1) is 10.5. The molecule has 0 saturated heterocycles. The molecule has 1 N–H and O–H groups in total. The van der Waals surface area contributed by atoms with E-state index in [2.05, 4.69) is 15.4 Å². The van der Waals surface area contributed by atoms with Gasteiger partial charge in [-0.2, -0.15) is 5.10 Å². The van der Waals surface area contributed by atoms with Crippen LogP contribution in [0.4, 0.5) is 5.69 Å². The van der Waals surface area contributed by atoms with Crippen molar-refractivity contribution in [2.24, 2.45) is 0 Å². The van der Waals surface area contributed by atoms with E-state index in [-0.39, 0.29) is 22.7 Å². The Balaban J connectivity index is 2.09. The molecule has 2 atom stereocenters. The molecule has 0 aliphatic heterocycles. The van der Waals surface area contributed by atoms with Crippen LogP contribution in [0.5, 0.6) is 0 Å². The Hall–Kier alpha value is -1.73. The van der Waals surface area contributed by atoms with Gasteiger partial charge in [-0.1, -0.05) is 18.5 Å². The zero-order chi connectivity index (χ0) is 16.1. The van der Waals surface area contributed by atoms with E-state index in [1.165, 1.54) is 0 Å². The van der Waals surface area contributed by atoms with Crippen LogP contribution in [0.3, 0.4) is 0 Å². The van der Waals surface area contributed by atoms with E-state index in [0.717, 1.165) is 5.69 Å². The SMILES string of the molecule is CCC(CC(=O)Nc1cn(-c2cccnc2)nc1Cl)S(C)=O. The lowest BCUT2D eigenvalue weighted by molar-refractivity contribution is -0.116. The number of hydrogen-bond acceptors (Lipinski definition) is 4. The average Bonchev–Trinajstić information content (AvgIpc) is 2.86. The van der Waals surface area contributed by atoms with Crippen LogP contribution in [0, 0.1) is 0 Å². The Bertz CT molecular complexity index is 675. The number of amides is 1. The molecule has 0 fully saturated rings. The third-order valence-corrected chi connectivity index (χ3v) is 4.91. The van der Waals surface area contributed by atoms with Crippen LogP contribution >= 0.6 is 11.6 Å². The number of nitrogens with one attached hydrogen (secondary N) is 1. The van der Waals surface area contributed by atoms with Crippen LogP contribution in [-0.4, -0.2) is 36.4 Å². The maximum atomic E-state index is 12.0. The van der Waals surface area contributed by atoms with Crippen LogP contribution in [0.2, 0.25) is 5.15 Å². The summed E-state index contributed by atoms with van der Waals surface area (Å²) < 4.78 is 13.0. The predicted molar refractivity (Wildman–Crippen MR) is 87.8 cm³/mol. The van der Waals surface area contributed by atoms with Crippen molar-refractivity contribution in [3.8, 4) is 5.69 Å². The number of aromatic nitrogens is 3. The van der Waals surface area contributed by atoms with Gasteiger partial charge in [0.2, 0.25) is 5.91 Å². The standard InChI is InChI=1S/C14H17ClN4O2S/c1-3-11(22(2)21)7-13(20)17-12-9-19(18-14(12)15)10-5-4-6-16-8-10/h4-6,8-9,11H,3,7H2,1-2H3,(H,17,20). The van der Waals surface area contributed by atoms with Gasteiger partial charge in [-0.15, -0.1) is 0 Å². The maximum absolute atomic E-state index is 12.0. The first-order valence-corrected chi connectivity index (χ1v) is 8.78. The highest BCUT2D eigenvalue weighted by Gasteiger charge is 2.17. The lowest BCUT2D eigenvalue weighted by Crippen LogP contribution is -2.22. The summed E-state index contributed by atoms with van der Waals surface area (Å²) in [5.41, 5.74) is 1.17. The summed E-state index contributed by atoms with van der Waals surface area (Å²) in [4.78, 5) is 16.0. The van der Waals surface area contributed by atoms with E-state index in [0.29, 0.717) is 12.1 Å². The zero-order valence-electron chi connectivity index (χ0n) is 12.3. The Labute approximate surface area is 136 Å². The minimum atomic E-state index is -1.03. The number of carbonyl (C=O) groups is 1. The Kier molecular flexibility index (Phi) is 5.68. The largest absolute Gasteiger partial charge is 0.322 e. The molecule has 6 nitrogen and oxygen atoms in total. The number of anilines is 1. The Morgan fingerprint density at radius 1 is 1.55 bits per heavy atom. The lowest BCUT2D eigenvalue weighted by Gasteiger charge is -2.11. The fourth-order valence-electron chi connectivity index (χ4n) is 1.96. The molecule has 1 amide bonds. The molecule has 0 aromatic carbocycles. The monoisotopic (exact) mass is 340 g/mol. The molecular formula is C14H17ClN4O2S. The summed E-state index contributed by atoms with van der Waals surface area (Å²) in [6.07, 6.45) is 7.40. The highest BCUT2D eigenvalue weighted by atomic mass is 35.5. The zero-order valence-corrected chi connectivity index (χ0v) is 13.9. The van der Waals surface area contributed by atoms with Crippen LogP contribution in [-0.2, 0) is 15.6 Å². The molecule has 2 heterocycles. The summed E-state index contributed by atoms with van der Waals surface area (Å²) in [5, 5.41) is 6.88. The highest BCUT2D eigenvalue weighted by molar-refractivity contribution is 7.84. The van der Waals surface area contributed by atoms with E-state index in [9.17, 15) is 9.00 Å². The van der Waals surface area contributed by atoms with Gasteiger partial charge in [0.15, 0.2) is 5.15 Å². The topological polar surface area (TPSA) is 76.9 Å². The van der Waals surface area contributed by atoms with E-state index < -0.39 is 10.8 Å². The molecule has 22 heavy (non-hydrogen) atoms. The minimum absolute atomic E-state index is 0.160. The molecule has 2 aromatic heterocycles. The van der Waals surface area contributed by atoms with Gasteiger partial charge in [0.25, 0.3) is 0 Å². The first-order valence-electron chi connectivity index (χ1n) is 6.79. The average molecular weight is 341 g/mol. The van der Waals surface area contributed by atoms with Gasteiger partial charge >= 0.3 is 0 Å². The van der Waals surface area contributed by atoms with Crippen molar-refractivity contribution in [3.63, 3.8) is 0 Å². The van der Waals surface area contributed by atoms with Crippen molar-refractivity contribution in [1.82, 2.24) is 14.8 Å². The smallest absolute Gasteiger partial charge is 0.225 e. The van der Waals surface area contributed by atoms with Crippen molar-refractivity contribution in [2.45, 2.75) is 25.0 Å². The van der Waals surface area contributed by atoms with Gasteiger partial charge in [0.05, 0.1) is 23.8 Å². The molecular weight excluding hydrogens is 324 g/mol. The van der Waals surface area contributed by atoms with Gasteiger partial charge in [-0.25, -0.2) is 4.68 Å². The second kappa shape index (κ2) is 7.51. The number of nitrogens with zero attached hydrogens (tertiary/aromatic N) is 3. The number of rotatable bonds is 6. The van der Waals surface area contributed by atoms with Crippen LogP contribution < -0.4 is 5.32 Å². The molecule has 2 rings (SSSR count). The second-order valence-corrected chi connectivity index (χ2v) is 6.79. The predicted octanol–water partition coefficient (Wildman–Crippen LogP) is 2.41. The highest BCUT2D eigenvalue weighted by Crippen LogP contribution is 2.22. The Morgan fingerprint density at radius 3 is 2.91 bits per heavy atom. The molecule has 0 spiro atoms. The number of hydrogen-bond donors (Lipinski definition) is 1. The Morgan fingerprint density at radius 2 is 2.32 bits per heavy atom. The van der Waals surface area contributed by atoms with Crippen molar-refractivity contribution >= 4 is 34.0 Å². The van der Waals surface area contributed by atoms with Crippen LogP contribution in [0.1, 0.15) is 19.8 Å². The van der Waals surface area contributed by atoms with Crippen molar-refractivity contribution < 1.29 is 9.00 Å². The van der Waals surface area contributed by atoms with Crippen LogP contribution in [0.25, 0.3) is 5.69 Å². The summed E-state index contributed by atoms with van der Waals surface area (Å²) in [6.45, 7) is 1.91. The molecule has 0 radical (unpaired) electrons. The molecule has 118 valence electrons. The van der Waals surface area contributed by atoms with Crippen molar-refractivity contribution in [3.05, 3.63) is 35.9 Å². The molecule has 8 heteroatoms. The first kappa shape index (κ1) is 16.6. The molecule has 2 aromatic rings. The van der Waals surface area contributed by atoms with Gasteiger partial charge in [-0.3, -0.25) is 14.0 Å². The van der Waals surface area contributed by atoms with Gasteiger partial charge in [0, 0.05) is 34.9 Å². The number of halogens is 1. The number of carbonyl (C=O) groups excluding carboxylic acids is 1. The summed E-state index contributed by atoms with van der Waals surface area (Å²) in [6, 6.07) is 3.61. The van der Waals surface area contributed by atoms with Crippen molar-refractivity contribution in [1.29, 1.82) is 0 Å². The second-order valence-electron chi connectivity index (χ2n) is 4.77. The molecule has 0 aliphatic carbocycles. The summed E-state index contributed by atoms with van der Waals surface area (Å²) >= 11 is 6.04. The fourth-order valence-corrected chi connectivity index (χ4v) is 3.00. The van der Waals surface area contributed by atoms with E-state index in [1.54, 1.807) is 35.6 Å². The quantitative estimate of drug-likeness (QED) is 0.876. The van der Waals surface area contributed by atoms with Crippen LogP contribution in [0.15, 0.2) is 30.7 Å². The lowest BCUT2D eigenvalue weighted by atomic mass is 10.2. The summed E-state index contributed by atoms with van der Waals surface area (Å²) in [5.74, 6) is -0.227. The maximum Gasteiger partial charge on any atom is 0.225 e. The van der Waals surface area contributed by atoms with Crippen molar-refractivity contribution in [2.75, 3.05) is 11.6 Å². The third kappa shape index (κ3) is 4.14. The fraction of sp³-hybridized carbons (Fsp3) is 0.357. The molecule has 0 aliphatic rings. The van der Waals surface area contributed by atoms with Gasteiger partial charge in [-0.05, 0) is 18.6 Å². The van der Waals surface area contributed by atoms with Gasteiger partial charge in [0.1, 0.15) is 0 Å². The molecule has 0 bridgehead atoms. The van der Waals surface area contributed by atoms with E-state index in [4.69, 9.17) is 11.6 Å². The molecule has 2 unspecified atom stereocenters. The molecule has 0 saturated carbocycles. The van der Waals surface area contributed by atoms with E-state index >= 15 is 0 Å². The normalized spacial score (nSPS) is 13.6. The minimum Gasteiger partial charge on any atom is -0.322 e. The number of pyridine rings is 1.